The monoisotopic (exact) mass is 295 g/mol. The van der Waals surface area contributed by atoms with Crippen molar-refractivity contribution in [2.45, 2.75) is 38.9 Å². The predicted molar refractivity (Wildman–Crippen MR) is 80.4 cm³/mol. The third kappa shape index (κ3) is 3.97. The largest absolute Gasteiger partial charge is 0.390 e. The zero-order valence-electron chi connectivity index (χ0n) is 12.3. The van der Waals surface area contributed by atoms with E-state index < -0.39 is 18.6 Å². The first-order valence-electron chi connectivity index (χ1n) is 7.20. The molecule has 0 amide bonds. The second-order valence-corrected chi connectivity index (χ2v) is 5.34. The Hall–Kier alpha value is -1.55. The van der Waals surface area contributed by atoms with Crippen LogP contribution in [-0.4, -0.2) is 12.7 Å². The van der Waals surface area contributed by atoms with Crippen molar-refractivity contribution in [3.63, 3.8) is 0 Å². The molecule has 1 N–H and O–H groups in total. The first-order chi connectivity index (χ1) is 9.92. The van der Waals surface area contributed by atoms with E-state index in [2.05, 4.69) is 5.32 Å². The van der Waals surface area contributed by atoms with Gasteiger partial charge in [-0.25, -0.2) is 0 Å². The van der Waals surface area contributed by atoms with E-state index in [4.69, 9.17) is 0 Å². The number of nitrogens with one attached hydrogen (secondary N) is 1. The Kier molecular flexibility index (Phi) is 4.88. The van der Waals surface area contributed by atoms with Crippen LogP contribution >= 0.6 is 0 Å². The molecule has 0 aromatic heterocycles. The summed E-state index contributed by atoms with van der Waals surface area (Å²) in [5.74, 6) is 0. The third-order valence-electron chi connectivity index (χ3n) is 3.63. The number of halogens is 3. The van der Waals surface area contributed by atoms with Gasteiger partial charge in [-0.1, -0.05) is 43.3 Å². The van der Waals surface area contributed by atoms with Crippen LogP contribution in [0.25, 0.3) is 10.8 Å². The van der Waals surface area contributed by atoms with E-state index in [1.807, 2.05) is 50.2 Å². The van der Waals surface area contributed by atoms with Crippen LogP contribution < -0.4 is 5.32 Å². The van der Waals surface area contributed by atoms with Crippen molar-refractivity contribution in [3.8, 4) is 0 Å². The Labute approximate surface area is 123 Å². The molecule has 21 heavy (non-hydrogen) atoms. The standard InChI is InChI=1S/C17H20F3N/c1-3-10-21-16(11-17(18,19)20)15-9-8-12(2)13-6-4-5-7-14(13)15/h4-9,16,21H,3,10-11H2,1-2H3. The molecule has 1 unspecified atom stereocenters. The molecule has 0 spiro atoms. The summed E-state index contributed by atoms with van der Waals surface area (Å²) >= 11 is 0. The summed E-state index contributed by atoms with van der Waals surface area (Å²) in [5, 5.41) is 4.95. The van der Waals surface area contributed by atoms with Crippen molar-refractivity contribution in [3.05, 3.63) is 47.5 Å². The normalized spacial score (nSPS) is 13.6. The summed E-state index contributed by atoms with van der Waals surface area (Å²) in [6.07, 6.45) is -4.23. The molecule has 2 rings (SSSR count). The number of hydrogen-bond donors (Lipinski definition) is 1. The molecular weight excluding hydrogens is 275 g/mol. The van der Waals surface area contributed by atoms with E-state index in [9.17, 15) is 13.2 Å². The molecule has 0 bridgehead atoms. The van der Waals surface area contributed by atoms with E-state index in [1.54, 1.807) is 0 Å². The molecular formula is C17H20F3N. The summed E-state index contributed by atoms with van der Waals surface area (Å²) in [7, 11) is 0. The summed E-state index contributed by atoms with van der Waals surface area (Å²) < 4.78 is 38.6. The van der Waals surface area contributed by atoms with Gasteiger partial charge in [0.25, 0.3) is 0 Å². The van der Waals surface area contributed by atoms with Crippen LogP contribution in [0, 0.1) is 6.92 Å². The minimum absolute atomic E-state index is 0.572. The van der Waals surface area contributed by atoms with Crippen LogP contribution in [0.2, 0.25) is 0 Å². The van der Waals surface area contributed by atoms with Gasteiger partial charge in [0.2, 0.25) is 0 Å². The topological polar surface area (TPSA) is 12.0 Å². The van der Waals surface area contributed by atoms with Crippen molar-refractivity contribution in [2.75, 3.05) is 6.54 Å². The van der Waals surface area contributed by atoms with Gasteiger partial charge in [0.05, 0.1) is 6.42 Å². The van der Waals surface area contributed by atoms with Gasteiger partial charge in [0, 0.05) is 6.04 Å². The second-order valence-electron chi connectivity index (χ2n) is 5.34. The van der Waals surface area contributed by atoms with Gasteiger partial charge >= 0.3 is 6.18 Å². The quantitative estimate of drug-likeness (QED) is 0.805. The zero-order chi connectivity index (χ0) is 15.5. The van der Waals surface area contributed by atoms with Crippen molar-refractivity contribution < 1.29 is 13.2 Å². The predicted octanol–water partition coefficient (Wildman–Crippen LogP) is 5.14. The highest BCUT2D eigenvalue weighted by Gasteiger charge is 2.33. The highest BCUT2D eigenvalue weighted by Crippen LogP contribution is 2.34. The lowest BCUT2D eigenvalue weighted by atomic mass is 9.94. The number of hydrogen-bond acceptors (Lipinski definition) is 1. The number of alkyl halides is 3. The van der Waals surface area contributed by atoms with Gasteiger partial charge in [0.1, 0.15) is 0 Å². The fourth-order valence-electron chi connectivity index (χ4n) is 2.62. The van der Waals surface area contributed by atoms with Crippen LogP contribution in [0.1, 0.15) is 36.9 Å². The molecule has 0 aliphatic rings. The molecule has 0 saturated carbocycles. The van der Waals surface area contributed by atoms with Gasteiger partial charge in [-0.15, -0.1) is 0 Å². The molecule has 0 saturated heterocycles. The summed E-state index contributed by atoms with van der Waals surface area (Å²) in [6.45, 7) is 4.50. The Balaban J connectivity index is 2.46. The van der Waals surface area contributed by atoms with Gasteiger partial charge in [-0.05, 0) is 41.8 Å². The van der Waals surface area contributed by atoms with Crippen LogP contribution in [0.3, 0.4) is 0 Å². The first kappa shape index (κ1) is 15.8. The molecule has 4 heteroatoms. The van der Waals surface area contributed by atoms with Crippen molar-refractivity contribution >= 4 is 10.8 Å². The Morgan fingerprint density at radius 1 is 1.05 bits per heavy atom. The highest BCUT2D eigenvalue weighted by atomic mass is 19.4. The smallest absolute Gasteiger partial charge is 0.310 e. The fraction of sp³-hybridized carbons (Fsp3) is 0.412. The summed E-state index contributed by atoms with van der Waals surface area (Å²) in [4.78, 5) is 0. The minimum Gasteiger partial charge on any atom is -0.310 e. The lowest BCUT2D eigenvalue weighted by Gasteiger charge is -2.22. The average molecular weight is 295 g/mol. The van der Waals surface area contributed by atoms with Gasteiger partial charge in [-0.3, -0.25) is 0 Å². The van der Waals surface area contributed by atoms with Crippen molar-refractivity contribution in [1.82, 2.24) is 5.32 Å². The summed E-state index contributed by atoms with van der Waals surface area (Å²) in [6, 6.07) is 10.7. The molecule has 114 valence electrons. The number of aryl methyl sites for hydroxylation is 1. The third-order valence-corrected chi connectivity index (χ3v) is 3.63. The SMILES string of the molecule is CCCNC(CC(F)(F)F)c1ccc(C)c2ccccc12. The van der Waals surface area contributed by atoms with E-state index >= 15 is 0 Å². The van der Waals surface area contributed by atoms with Gasteiger partial charge in [0.15, 0.2) is 0 Å². The maximum absolute atomic E-state index is 12.9. The average Bonchev–Trinajstić information content (AvgIpc) is 2.43. The second kappa shape index (κ2) is 6.48. The Bertz CT molecular complexity index is 604. The van der Waals surface area contributed by atoms with Crippen LogP contribution in [-0.2, 0) is 0 Å². The fourth-order valence-corrected chi connectivity index (χ4v) is 2.62. The molecule has 0 aliphatic heterocycles. The Morgan fingerprint density at radius 3 is 2.33 bits per heavy atom. The van der Waals surface area contributed by atoms with Gasteiger partial charge in [-0.2, -0.15) is 13.2 Å². The van der Waals surface area contributed by atoms with Gasteiger partial charge < -0.3 is 5.32 Å². The van der Waals surface area contributed by atoms with E-state index in [1.165, 1.54) is 0 Å². The molecule has 0 radical (unpaired) electrons. The molecule has 0 aliphatic carbocycles. The Morgan fingerprint density at radius 2 is 1.71 bits per heavy atom. The van der Waals surface area contributed by atoms with Crippen LogP contribution in [0.4, 0.5) is 13.2 Å². The molecule has 0 heterocycles. The molecule has 0 fully saturated rings. The lowest BCUT2D eigenvalue weighted by molar-refractivity contribution is -0.140. The maximum Gasteiger partial charge on any atom is 0.390 e. The van der Waals surface area contributed by atoms with E-state index in [0.29, 0.717) is 6.54 Å². The number of fused-ring (bicyclic) bond motifs is 1. The number of rotatable bonds is 5. The highest BCUT2D eigenvalue weighted by molar-refractivity contribution is 5.88. The van der Waals surface area contributed by atoms with Crippen LogP contribution in [0.15, 0.2) is 36.4 Å². The van der Waals surface area contributed by atoms with Crippen LogP contribution in [0.5, 0.6) is 0 Å². The van der Waals surface area contributed by atoms with E-state index in [0.717, 1.165) is 28.3 Å². The number of benzene rings is 2. The van der Waals surface area contributed by atoms with E-state index in [-0.39, 0.29) is 0 Å². The van der Waals surface area contributed by atoms with Crippen molar-refractivity contribution in [1.29, 1.82) is 0 Å². The first-order valence-corrected chi connectivity index (χ1v) is 7.20. The molecule has 1 atom stereocenters. The maximum atomic E-state index is 12.9. The minimum atomic E-state index is -4.18. The lowest BCUT2D eigenvalue weighted by Crippen LogP contribution is -2.27. The zero-order valence-corrected chi connectivity index (χ0v) is 12.3. The molecule has 2 aromatic rings. The molecule has 1 nitrogen and oxygen atoms in total. The molecule has 2 aromatic carbocycles. The summed E-state index contributed by atoms with van der Waals surface area (Å²) in [5.41, 5.74) is 1.80. The van der Waals surface area contributed by atoms with Crippen molar-refractivity contribution in [2.24, 2.45) is 0 Å².